The molecule has 2 unspecified atom stereocenters. The van der Waals surface area contributed by atoms with Crippen LogP contribution in [0.25, 0.3) is 0 Å². The molecule has 4 aliphatic carbocycles. The van der Waals surface area contributed by atoms with Crippen LogP contribution in [0.2, 0.25) is 0 Å². The second-order valence-electron chi connectivity index (χ2n) is 14.9. The molecule has 0 aliphatic heterocycles. The molecule has 1 heterocycles. The average Bonchev–Trinajstić information content (AvgIpc) is 3.41. The minimum absolute atomic E-state index is 0.0400. The van der Waals surface area contributed by atoms with Crippen molar-refractivity contribution in [3.05, 3.63) is 35.1 Å². The van der Waals surface area contributed by atoms with E-state index in [1.165, 1.54) is 0 Å². The van der Waals surface area contributed by atoms with Gasteiger partial charge in [0, 0.05) is 23.9 Å². The fraction of sp³-hybridized carbons (Fsp3) is 0.743. The Hall–Kier alpha value is -2.59. The fourth-order valence-corrected chi connectivity index (χ4v) is 10.3. The molecule has 42 heavy (non-hydrogen) atoms. The van der Waals surface area contributed by atoms with Gasteiger partial charge in [-0.2, -0.15) is 5.26 Å². The predicted octanol–water partition coefficient (Wildman–Crippen LogP) is 7.47. The number of aromatic nitrogens is 2. The molecule has 0 bridgehead atoms. The minimum Gasteiger partial charge on any atom is -0.422 e. The largest absolute Gasteiger partial charge is 0.422 e. The van der Waals surface area contributed by atoms with Crippen LogP contribution in [0, 0.1) is 50.7 Å². The maximum Gasteiger partial charge on any atom is 0.242 e. The quantitative estimate of drug-likeness (QED) is 0.316. The third-order valence-electron chi connectivity index (χ3n) is 12.6. The minimum atomic E-state index is -0.665. The van der Waals surface area contributed by atoms with Crippen molar-refractivity contribution in [1.29, 1.82) is 5.26 Å². The van der Waals surface area contributed by atoms with E-state index in [4.69, 9.17) is 9.15 Å². The summed E-state index contributed by atoms with van der Waals surface area (Å²) in [6, 6.07) is 2.20. The number of fused-ring (bicyclic) bond motifs is 5. The molecule has 7 nitrogen and oxygen atoms in total. The van der Waals surface area contributed by atoms with Gasteiger partial charge in [-0.3, -0.25) is 9.59 Å². The molecule has 7 atom stereocenters. The molecular weight excluding hydrogens is 526 g/mol. The summed E-state index contributed by atoms with van der Waals surface area (Å²) in [7, 11) is 1.63. The van der Waals surface area contributed by atoms with Crippen LogP contribution in [-0.2, 0) is 26.3 Å². The van der Waals surface area contributed by atoms with Gasteiger partial charge >= 0.3 is 0 Å². The van der Waals surface area contributed by atoms with E-state index in [0.717, 1.165) is 63.4 Å². The zero-order valence-corrected chi connectivity index (χ0v) is 26.9. The number of hydrogen-bond donors (Lipinski definition) is 0. The van der Waals surface area contributed by atoms with Crippen molar-refractivity contribution in [3.8, 4) is 6.07 Å². The van der Waals surface area contributed by atoms with Gasteiger partial charge in [0.05, 0.1) is 11.0 Å². The number of hydrogen-bond acceptors (Lipinski definition) is 7. The number of methoxy groups -OCH3 is 1. The van der Waals surface area contributed by atoms with Crippen molar-refractivity contribution in [3.63, 3.8) is 0 Å². The normalized spacial score (nSPS) is 39.0. The monoisotopic (exact) mass is 575 g/mol. The number of nitriles is 1. The van der Waals surface area contributed by atoms with Crippen LogP contribution >= 0.6 is 0 Å². The molecule has 2 saturated carbocycles. The molecule has 0 aromatic carbocycles. The summed E-state index contributed by atoms with van der Waals surface area (Å²) >= 11 is 0. The van der Waals surface area contributed by atoms with Gasteiger partial charge in [-0.15, -0.1) is 10.2 Å². The zero-order valence-electron chi connectivity index (χ0n) is 26.9. The summed E-state index contributed by atoms with van der Waals surface area (Å²) < 4.78 is 11.6. The number of ether oxygens (including phenoxy) is 1. The van der Waals surface area contributed by atoms with Crippen molar-refractivity contribution in [2.75, 3.05) is 7.11 Å². The van der Waals surface area contributed by atoms with E-state index < -0.39 is 10.8 Å². The first-order chi connectivity index (χ1) is 19.8. The van der Waals surface area contributed by atoms with Gasteiger partial charge in [0.15, 0.2) is 11.6 Å². The Balaban J connectivity index is 1.68. The maximum atomic E-state index is 14.7. The lowest BCUT2D eigenvalue weighted by atomic mass is 9.35. The maximum absolute atomic E-state index is 14.7. The number of ketones is 2. The molecule has 1 aromatic rings. The molecule has 228 valence electrons. The molecule has 0 radical (unpaired) electrons. The molecule has 2 fully saturated rings. The zero-order chi connectivity index (χ0) is 30.7. The van der Waals surface area contributed by atoms with Crippen LogP contribution < -0.4 is 0 Å². The number of rotatable bonds is 8. The van der Waals surface area contributed by atoms with E-state index in [2.05, 4.69) is 50.9 Å². The van der Waals surface area contributed by atoms with Gasteiger partial charge in [-0.05, 0) is 67.3 Å². The van der Waals surface area contributed by atoms with E-state index in [-0.39, 0.29) is 57.7 Å². The van der Waals surface area contributed by atoms with Gasteiger partial charge in [0.25, 0.3) is 0 Å². The molecule has 4 aliphatic rings. The molecule has 0 amide bonds. The Bertz CT molecular complexity index is 1370. The second-order valence-corrected chi connectivity index (χ2v) is 14.9. The number of unbranched alkanes of at least 4 members (excludes halogenated alkanes) is 1. The van der Waals surface area contributed by atoms with Crippen LogP contribution in [0.4, 0.5) is 0 Å². The van der Waals surface area contributed by atoms with Crippen LogP contribution in [0.15, 0.2) is 27.7 Å². The molecule has 1 aromatic heterocycles. The highest BCUT2D eigenvalue weighted by atomic mass is 16.5. The number of carbonyl (C=O) groups is 2. The number of carbonyl (C=O) groups excluding carboxylic acids is 2. The Morgan fingerprint density at radius 3 is 2.45 bits per heavy atom. The number of nitrogens with zero attached hydrogens (tertiary/aromatic N) is 3. The van der Waals surface area contributed by atoms with Gasteiger partial charge < -0.3 is 9.15 Å². The highest BCUT2D eigenvalue weighted by molar-refractivity contribution is 6.04. The summed E-state index contributed by atoms with van der Waals surface area (Å²) in [5, 5.41) is 18.9. The molecule has 5 rings (SSSR count). The van der Waals surface area contributed by atoms with Gasteiger partial charge in [0.2, 0.25) is 11.8 Å². The van der Waals surface area contributed by atoms with Gasteiger partial charge in [0.1, 0.15) is 12.7 Å². The average molecular weight is 576 g/mol. The summed E-state index contributed by atoms with van der Waals surface area (Å²) in [5.41, 5.74) is -0.721. The third-order valence-corrected chi connectivity index (χ3v) is 12.6. The smallest absolute Gasteiger partial charge is 0.242 e. The third kappa shape index (κ3) is 4.07. The molecule has 0 saturated heterocycles. The van der Waals surface area contributed by atoms with Gasteiger partial charge in [-0.25, -0.2) is 0 Å². The standard InChI is InChI=1S/C35H49N3O4/c1-9-11-14-35(30-38-37-27(42-30)21-41-8)17-16-34(7)28(23(35)12-10-2)24(39)18-26-32(5)19-22(20-36)29(40)31(3,4)25(32)13-15-33(26,34)6/h18-19,23,25,28H,9-17,21H2,1-8H3/t23?,25-,28?,32-,33+,34+,35-/m0/s1. The number of allylic oxidation sites excluding steroid dienone is 4. The highest BCUT2D eigenvalue weighted by Crippen LogP contribution is 2.73. The first kappa shape index (κ1) is 30.9. The van der Waals surface area contributed by atoms with Crippen LogP contribution in [-0.4, -0.2) is 28.9 Å². The summed E-state index contributed by atoms with van der Waals surface area (Å²) in [4.78, 5) is 28.0. The van der Waals surface area contributed by atoms with Crippen molar-refractivity contribution < 1.29 is 18.7 Å². The SMILES string of the molecule is CCCC[C@]1(c2nnc(COC)o2)CC[C@]2(C)C(C(=O)C=C3[C@@]4(C)C=C(C#N)C(=O)C(C)(C)[C@@H]4CC[C@]32C)C1CCC. The van der Waals surface area contributed by atoms with Crippen LogP contribution in [0.5, 0.6) is 0 Å². The van der Waals surface area contributed by atoms with E-state index in [9.17, 15) is 14.9 Å². The van der Waals surface area contributed by atoms with E-state index in [1.807, 2.05) is 26.0 Å². The summed E-state index contributed by atoms with van der Waals surface area (Å²) in [6.45, 7) is 15.6. The van der Waals surface area contributed by atoms with Crippen molar-refractivity contribution in [1.82, 2.24) is 10.2 Å². The van der Waals surface area contributed by atoms with Crippen molar-refractivity contribution in [2.45, 2.75) is 118 Å². The lowest BCUT2D eigenvalue weighted by Gasteiger charge is -2.67. The van der Waals surface area contributed by atoms with Gasteiger partial charge in [-0.1, -0.05) is 79.4 Å². The Morgan fingerprint density at radius 1 is 1.07 bits per heavy atom. The lowest BCUT2D eigenvalue weighted by Crippen LogP contribution is -2.64. The molecular formula is C35H49N3O4. The predicted molar refractivity (Wildman–Crippen MR) is 160 cm³/mol. The Kier molecular flexibility index (Phi) is 7.74. The summed E-state index contributed by atoms with van der Waals surface area (Å²) in [6.07, 6.45) is 12.3. The Labute approximate surface area is 251 Å². The molecule has 0 N–H and O–H groups in total. The molecule has 7 heteroatoms. The Morgan fingerprint density at radius 2 is 1.81 bits per heavy atom. The van der Waals surface area contributed by atoms with Crippen LogP contribution in [0.1, 0.15) is 118 Å². The lowest BCUT2D eigenvalue weighted by molar-refractivity contribution is -0.154. The van der Waals surface area contributed by atoms with E-state index >= 15 is 0 Å². The second kappa shape index (κ2) is 10.5. The fourth-order valence-electron chi connectivity index (χ4n) is 10.3. The highest BCUT2D eigenvalue weighted by Gasteiger charge is 2.69. The first-order valence-electron chi connectivity index (χ1n) is 16.1. The van der Waals surface area contributed by atoms with Crippen molar-refractivity contribution >= 4 is 11.6 Å². The van der Waals surface area contributed by atoms with Crippen molar-refractivity contribution in [2.24, 2.45) is 39.4 Å². The first-order valence-corrected chi connectivity index (χ1v) is 16.1. The number of Topliss-reactive ketones (excluding diaryl/α,β-unsaturated/α-hetero) is 1. The topological polar surface area (TPSA) is 106 Å². The van der Waals surface area contributed by atoms with E-state index in [1.54, 1.807) is 7.11 Å². The van der Waals surface area contributed by atoms with E-state index in [0.29, 0.717) is 11.8 Å². The van der Waals surface area contributed by atoms with Crippen LogP contribution in [0.3, 0.4) is 0 Å². The summed E-state index contributed by atoms with van der Waals surface area (Å²) in [5.74, 6) is 1.20. The molecule has 0 spiro atoms.